The van der Waals surface area contributed by atoms with Gasteiger partial charge >= 0.3 is 0 Å². The van der Waals surface area contributed by atoms with Gasteiger partial charge in [0, 0.05) is 25.5 Å². The molecule has 1 fully saturated rings. The highest BCUT2D eigenvalue weighted by molar-refractivity contribution is 5.86. The predicted octanol–water partition coefficient (Wildman–Crippen LogP) is -0.883. The lowest BCUT2D eigenvalue weighted by Gasteiger charge is -2.20. The van der Waals surface area contributed by atoms with Gasteiger partial charge in [0.25, 0.3) is 0 Å². The lowest BCUT2D eigenvalue weighted by molar-refractivity contribution is -0.126. The number of aromatic nitrogens is 2. The Morgan fingerprint density at radius 2 is 2.56 bits per heavy atom. The van der Waals surface area contributed by atoms with Crippen LogP contribution >= 0.6 is 0 Å². The molecule has 1 atom stereocenters. The van der Waals surface area contributed by atoms with Gasteiger partial charge in [0.15, 0.2) is 0 Å². The third kappa shape index (κ3) is 2.40. The number of hydrogen-bond acceptors (Lipinski definition) is 4. The highest BCUT2D eigenvalue weighted by Crippen LogP contribution is 2.14. The monoisotopic (exact) mass is 224 g/mol. The maximum absolute atomic E-state index is 11.7. The van der Waals surface area contributed by atoms with E-state index in [0.29, 0.717) is 32.7 Å². The first kappa shape index (κ1) is 11.1. The van der Waals surface area contributed by atoms with Crippen molar-refractivity contribution in [3.8, 4) is 0 Å². The van der Waals surface area contributed by atoms with E-state index in [1.165, 1.54) is 0 Å². The lowest BCUT2D eigenvalue weighted by Crippen LogP contribution is -2.54. The fourth-order valence-corrected chi connectivity index (χ4v) is 1.65. The standard InChI is InChI=1S/C10H16N4O2/c11-10(2-7-16-8-10)9(15)12-4-6-14-5-1-3-13-14/h1,3,5H,2,4,6-8,11H2,(H,12,15). The second kappa shape index (κ2) is 4.63. The molecule has 0 spiro atoms. The van der Waals surface area contributed by atoms with Crippen molar-refractivity contribution in [3.63, 3.8) is 0 Å². The Morgan fingerprint density at radius 1 is 1.69 bits per heavy atom. The minimum absolute atomic E-state index is 0.142. The SMILES string of the molecule is NC1(C(=O)NCCn2cccn2)CCOC1. The average Bonchev–Trinajstić information content (AvgIpc) is 2.90. The van der Waals surface area contributed by atoms with Crippen LogP contribution in [-0.2, 0) is 16.1 Å². The Bertz CT molecular complexity index is 344. The summed E-state index contributed by atoms with van der Waals surface area (Å²) in [4.78, 5) is 11.7. The van der Waals surface area contributed by atoms with Crippen LogP contribution in [0.4, 0.5) is 0 Å². The van der Waals surface area contributed by atoms with Crippen molar-refractivity contribution in [1.29, 1.82) is 0 Å². The smallest absolute Gasteiger partial charge is 0.242 e. The summed E-state index contributed by atoms with van der Waals surface area (Å²) in [6, 6.07) is 1.84. The molecule has 1 aliphatic heterocycles. The van der Waals surface area contributed by atoms with Crippen molar-refractivity contribution in [2.45, 2.75) is 18.5 Å². The van der Waals surface area contributed by atoms with Crippen LogP contribution in [0.5, 0.6) is 0 Å². The van der Waals surface area contributed by atoms with Crippen LogP contribution in [0.1, 0.15) is 6.42 Å². The number of rotatable bonds is 4. The molecular weight excluding hydrogens is 208 g/mol. The number of carbonyl (C=O) groups is 1. The third-order valence-electron chi connectivity index (χ3n) is 2.69. The van der Waals surface area contributed by atoms with Gasteiger partial charge < -0.3 is 15.8 Å². The van der Waals surface area contributed by atoms with Crippen LogP contribution < -0.4 is 11.1 Å². The number of ether oxygens (including phenoxy) is 1. The Kier molecular flexibility index (Phi) is 3.21. The van der Waals surface area contributed by atoms with E-state index in [-0.39, 0.29) is 5.91 Å². The first-order valence-corrected chi connectivity index (χ1v) is 5.33. The minimum Gasteiger partial charge on any atom is -0.379 e. The predicted molar refractivity (Wildman–Crippen MR) is 57.6 cm³/mol. The fraction of sp³-hybridized carbons (Fsp3) is 0.600. The van der Waals surface area contributed by atoms with E-state index in [0.717, 1.165) is 0 Å². The number of carbonyl (C=O) groups excluding carboxylic acids is 1. The molecule has 1 unspecified atom stereocenters. The van der Waals surface area contributed by atoms with Crippen LogP contribution in [0.2, 0.25) is 0 Å². The molecule has 0 bridgehead atoms. The maximum atomic E-state index is 11.7. The van der Waals surface area contributed by atoms with Gasteiger partial charge in [-0.15, -0.1) is 0 Å². The summed E-state index contributed by atoms with van der Waals surface area (Å²) in [5.41, 5.74) is 5.06. The van der Waals surface area contributed by atoms with E-state index in [1.807, 2.05) is 12.3 Å². The molecule has 1 aromatic heterocycles. The number of amides is 1. The first-order chi connectivity index (χ1) is 7.71. The van der Waals surface area contributed by atoms with Crippen LogP contribution in [0.15, 0.2) is 18.5 Å². The fourth-order valence-electron chi connectivity index (χ4n) is 1.65. The summed E-state index contributed by atoms with van der Waals surface area (Å²) in [5.74, 6) is -0.142. The molecule has 88 valence electrons. The number of nitrogens with two attached hydrogens (primary N) is 1. The van der Waals surface area contributed by atoms with E-state index >= 15 is 0 Å². The number of nitrogens with zero attached hydrogens (tertiary/aromatic N) is 2. The highest BCUT2D eigenvalue weighted by Gasteiger charge is 2.37. The molecule has 0 radical (unpaired) electrons. The summed E-state index contributed by atoms with van der Waals surface area (Å²) < 4.78 is 6.89. The molecular formula is C10H16N4O2. The lowest BCUT2D eigenvalue weighted by atomic mass is 9.99. The second-order valence-electron chi connectivity index (χ2n) is 3.98. The molecule has 0 saturated carbocycles. The molecule has 0 aliphatic carbocycles. The molecule has 3 N–H and O–H groups in total. The molecule has 1 aliphatic rings. The molecule has 6 heteroatoms. The number of nitrogens with one attached hydrogen (secondary N) is 1. The summed E-state index contributed by atoms with van der Waals surface area (Å²) >= 11 is 0. The van der Waals surface area contributed by atoms with E-state index in [2.05, 4.69) is 10.4 Å². The quantitative estimate of drug-likeness (QED) is 0.695. The van der Waals surface area contributed by atoms with Gasteiger partial charge in [-0.2, -0.15) is 5.10 Å². The minimum atomic E-state index is -0.843. The topological polar surface area (TPSA) is 82.2 Å². The molecule has 1 amide bonds. The van der Waals surface area contributed by atoms with Crippen molar-refractivity contribution in [2.24, 2.45) is 5.73 Å². The molecule has 0 aromatic carbocycles. The summed E-state index contributed by atoms with van der Waals surface area (Å²) in [6.07, 6.45) is 4.14. The molecule has 6 nitrogen and oxygen atoms in total. The first-order valence-electron chi connectivity index (χ1n) is 5.33. The van der Waals surface area contributed by atoms with Gasteiger partial charge in [-0.3, -0.25) is 9.48 Å². The van der Waals surface area contributed by atoms with Crippen molar-refractivity contribution in [2.75, 3.05) is 19.8 Å². The van der Waals surface area contributed by atoms with E-state index < -0.39 is 5.54 Å². The zero-order valence-corrected chi connectivity index (χ0v) is 9.06. The van der Waals surface area contributed by atoms with Crippen molar-refractivity contribution in [1.82, 2.24) is 15.1 Å². The zero-order valence-electron chi connectivity index (χ0n) is 9.06. The molecule has 2 heterocycles. The van der Waals surface area contributed by atoms with Crippen molar-refractivity contribution in [3.05, 3.63) is 18.5 Å². The van der Waals surface area contributed by atoms with Crippen LogP contribution in [0.3, 0.4) is 0 Å². The second-order valence-corrected chi connectivity index (χ2v) is 3.98. The Hall–Kier alpha value is -1.40. The molecule has 16 heavy (non-hydrogen) atoms. The zero-order chi connectivity index (χ0) is 11.4. The van der Waals surface area contributed by atoms with Crippen molar-refractivity contribution < 1.29 is 9.53 Å². The summed E-state index contributed by atoms with van der Waals surface area (Å²) in [5, 5.41) is 6.84. The van der Waals surface area contributed by atoms with Crippen LogP contribution in [0, 0.1) is 0 Å². The summed E-state index contributed by atoms with van der Waals surface area (Å²) in [6.45, 7) is 2.04. The Morgan fingerprint density at radius 3 is 3.19 bits per heavy atom. The van der Waals surface area contributed by atoms with E-state index in [4.69, 9.17) is 10.5 Å². The van der Waals surface area contributed by atoms with Gasteiger partial charge in [0.1, 0.15) is 5.54 Å². The van der Waals surface area contributed by atoms with Gasteiger partial charge in [0.05, 0.1) is 13.2 Å². The Balaban J connectivity index is 1.75. The van der Waals surface area contributed by atoms with Gasteiger partial charge in [-0.25, -0.2) is 0 Å². The van der Waals surface area contributed by atoms with Crippen molar-refractivity contribution >= 4 is 5.91 Å². The highest BCUT2D eigenvalue weighted by atomic mass is 16.5. The van der Waals surface area contributed by atoms with E-state index in [1.54, 1.807) is 10.9 Å². The Labute approximate surface area is 93.8 Å². The molecule has 2 rings (SSSR count). The molecule has 1 aromatic rings. The average molecular weight is 224 g/mol. The third-order valence-corrected chi connectivity index (χ3v) is 2.69. The largest absolute Gasteiger partial charge is 0.379 e. The number of hydrogen-bond donors (Lipinski definition) is 2. The van der Waals surface area contributed by atoms with Gasteiger partial charge in [-0.05, 0) is 12.5 Å². The molecule has 1 saturated heterocycles. The normalized spacial score (nSPS) is 24.6. The van der Waals surface area contributed by atoms with Gasteiger partial charge in [0.2, 0.25) is 5.91 Å². The van der Waals surface area contributed by atoms with Crippen LogP contribution in [0.25, 0.3) is 0 Å². The summed E-state index contributed by atoms with van der Waals surface area (Å²) in [7, 11) is 0. The maximum Gasteiger partial charge on any atom is 0.242 e. The van der Waals surface area contributed by atoms with Gasteiger partial charge in [-0.1, -0.05) is 0 Å². The van der Waals surface area contributed by atoms with Crippen LogP contribution in [-0.4, -0.2) is 41.0 Å². The van der Waals surface area contributed by atoms with E-state index in [9.17, 15) is 4.79 Å².